The molecule has 0 bridgehead atoms. The van der Waals surface area contributed by atoms with Gasteiger partial charge in [0.15, 0.2) is 0 Å². The van der Waals surface area contributed by atoms with Crippen LogP contribution in [0.5, 0.6) is 0 Å². The van der Waals surface area contributed by atoms with Crippen LogP contribution in [0, 0.1) is 10.1 Å². The highest BCUT2D eigenvalue weighted by atomic mass is 35.5. The van der Waals surface area contributed by atoms with E-state index in [2.05, 4.69) is 20.3 Å². The first kappa shape index (κ1) is 19.8. The van der Waals surface area contributed by atoms with E-state index in [4.69, 9.17) is 17.3 Å². The number of aromatic nitrogens is 4. The van der Waals surface area contributed by atoms with E-state index in [1.165, 1.54) is 6.07 Å². The van der Waals surface area contributed by atoms with E-state index in [9.17, 15) is 10.1 Å². The fourth-order valence-corrected chi connectivity index (χ4v) is 2.99. The number of rotatable bonds is 8. The molecule has 0 aliphatic carbocycles. The zero-order valence-corrected chi connectivity index (χ0v) is 16.3. The van der Waals surface area contributed by atoms with Gasteiger partial charge in [0.2, 0.25) is 11.8 Å². The Hall–Kier alpha value is -2.98. The third kappa shape index (κ3) is 4.65. The van der Waals surface area contributed by atoms with Crippen LogP contribution in [0.2, 0.25) is 5.15 Å². The van der Waals surface area contributed by atoms with Gasteiger partial charge in [0, 0.05) is 37.1 Å². The van der Waals surface area contributed by atoms with Crippen molar-refractivity contribution in [3.05, 3.63) is 51.1 Å². The molecule has 3 rings (SSSR count). The van der Waals surface area contributed by atoms with Crippen LogP contribution in [0.4, 0.5) is 17.5 Å². The summed E-state index contributed by atoms with van der Waals surface area (Å²) in [5.41, 5.74) is 7.79. The number of anilines is 2. The molecule has 0 radical (unpaired) electrons. The van der Waals surface area contributed by atoms with Gasteiger partial charge in [0.1, 0.15) is 10.8 Å². The predicted molar refractivity (Wildman–Crippen MR) is 108 cm³/mol. The van der Waals surface area contributed by atoms with Gasteiger partial charge in [-0.15, -0.1) is 0 Å². The Morgan fingerprint density at radius 2 is 2.07 bits per heavy atom. The number of hydrogen-bond donors (Lipinski definition) is 2. The number of nitrogens with two attached hydrogens (primary N) is 1. The van der Waals surface area contributed by atoms with E-state index in [1.54, 1.807) is 12.1 Å². The smallest absolute Gasteiger partial charge is 0.311 e. The summed E-state index contributed by atoms with van der Waals surface area (Å²) in [6, 6.07) is 4.72. The zero-order valence-electron chi connectivity index (χ0n) is 15.6. The van der Waals surface area contributed by atoms with Gasteiger partial charge in [0.05, 0.1) is 10.6 Å². The molecule has 148 valence electrons. The molecule has 28 heavy (non-hydrogen) atoms. The van der Waals surface area contributed by atoms with Crippen molar-refractivity contribution in [1.82, 2.24) is 24.3 Å². The summed E-state index contributed by atoms with van der Waals surface area (Å²) in [6.45, 7) is 1.33. The van der Waals surface area contributed by atoms with E-state index in [0.717, 1.165) is 17.8 Å². The lowest BCUT2D eigenvalue weighted by molar-refractivity contribution is -0.384. The van der Waals surface area contributed by atoms with Crippen LogP contribution in [-0.2, 0) is 13.0 Å². The standard InChI is InChI=1S/C17H21ClN8O2/c1-24(2)9-12-10-25-15(21-12)8-14(18)23-17(25)20-7-3-4-11-5-6-13(26(27)28)16(19)22-11/h5-6,8,10H,3-4,7,9H2,1-2H3,(H2,19,22)(H,20,23). The third-order valence-electron chi connectivity index (χ3n) is 4.00. The number of nitrogen functional groups attached to an aromatic ring is 1. The first-order valence-corrected chi connectivity index (χ1v) is 9.04. The summed E-state index contributed by atoms with van der Waals surface area (Å²) in [5, 5.41) is 14.4. The Morgan fingerprint density at radius 1 is 1.29 bits per heavy atom. The Balaban J connectivity index is 1.64. The number of hydrogen-bond acceptors (Lipinski definition) is 8. The molecule has 10 nitrogen and oxygen atoms in total. The number of halogens is 1. The third-order valence-corrected chi connectivity index (χ3v) is 4.19. The number of nitrogens with zero attached hydrogens (tertiary/aromatic N) is 6. The first-order valence-electron chi connectivity index (χ1n) is 8.66. The largest absolute Gasteiger partial charge is 0.378 e. The average molecular weight is 405 g/mol. The lowest BCUT2D eigenvalue weighted by Crippen LogP contribution is -2.11. The van der Waals surface area contributed by atoms with Crippen molar-refractivity contribution < 1.29 is 4.92 Å². The summed E-state index contributed by atoms with van der Waals surface area (Å²) < 4.78 is 1.87. The number of pyridine rings is 1. The molecule has 3 aromatic rings. The molecule has 0 saturated heterocycles. The first-order chi connectivity index (χ1) is 13.3. The summed E-state index contributed by atoms with van der Waals surface area (Å²) >= 11 is 6.11. The van der Waals surface area contributed by atoms with Crippen LogP contribution < -0.4 is 11.1 Å². The maximum atomic E-state index is 10.8. The van der Waals surface area contributed by atoms with Crippen molar-refractivity contribution in [3.8, 4) is 0 Å². The molecule has 11 heteroatoms. The van der Waals surface area contributed by atoms with Crippen molar-refractivity contribution in [1.29, 1.82) is 0 Å². The molecule has 0 unspecified atom stereocenters. The molecule has 3 N–H and O–H groups in total. The van der Waals surface area contributed by atoms with Crippen LogP contribution in [0.1, 0.15) is 17.8 Å². The van der Waals surface area contributed by atoms with Crippen LogP contribution in [0.15, 0.2) is 24.4 Å². The molecule has 0 aromatic carbocycles. The Labute approximate surface area is 166 Å². The maximum absolute atomic E-state index is 10.8. The minimum Gasteiger partial charge on any atom is -0.378 e. The minimum absolute atomic E-state index is 0.0690. The van der Waals surface area contributed by atoms with E-state index in [-0.39, 0.29) is 11.5 Å². The van der Waals surface area contributed by atoms with E-state index >= 15 is 0 Å². The summed E-state index contributed by atoms with van der Waals surface area (Å²) in [5.74, 6) is 0.539. The lowest BCUT2D eigenvalue weighted by Gasteiger charge is -2.08. The second-order valence-corrected chi connectivity index (χ2v) is 6.98. The number of aryl methyl sites for hydroxylation is 1. The molecule has 0 aliphatic rings. The van der Waals surface area contributed by atoms with Crippen LogP contribution in [-0.4, -0.2) is 49.8 Å². The van der Waals surface area contributed by atoms with Gasteiger partial charge in [-0.3, -0.25) is 14.5 Å². The summed E-state index contributed by atoms with van der Waals surface area (Å²) in [6.07, 6.45) is 3.29. The fourth-order valence-electron chi connectivity index (χ4n) is 2.81. The topological polar surface area (TPSA) is 128 Å². The van der Waals surface area contributed by atoms with E-state index < -0.39 is 4.92 Å². The highest BCUT2D eigenvalue weighted by molar-refractivity contribution is 6.29. The highest BCUT2D eigenvalue weighted by Gasteiger charge is 2.13. The minimum atomic E-state index is -0.542. The van der Waals surface area contributed by atoms with Crippen molar-refractivity contribution in [2.75, 3.05) is 31.7 Å². The molecule has 0 amide bonds. The number of nitrogens with one attached hydrogen (secondary N) is 1. The average Bonchev–Trinajstić information content (AvgIpc) is 2.99. The number of fused-ring (bicyclic) bond motifs is 1. The number of imidazole rings is 1. The van der Waals surface area contributed by atoms with Crippen molar-refractivity contribution >= 4 is 34.7 Å². The lowest BCUT2D eigenvalue weighted by atomic mass is 10.2. The van der Waals surface area contributed by atoms with Crippen molar-refractivity contribution in [2.24, 2.45) is 0 Å². The Morgan fingerprint density at radius 3 is 2.75 bits per heavy atom. The molecular formula is C17H21ClN8O2. The van der Waals surface area contributed by atoms with Crippen molar-refractivity contribution in [2.45, 2.75) is 19.4 Å². The molecule has 0 fully saturated rings. The van der Waals surface area contributed by atoms with E-state index in [0.29, 0.717) is 36.3 Å². The normalized spacial score (nSPS) is 11.3. The van der Waals surface area contributed by atoms with Crippen LogP contribution in [0.25, 0.3) is 5.65 Å². The molecular weight excluding hydrogens is 384 g/mol. The SMILES string of the molecule is CN(C)Cc1cn2c(NCCCc3ccc([N+](=O)[O-])c(N)n3)nc(Cl)cc2n1. The predicted octanol–water partition coefficient (Wildman–Crippen LogP) is 2.37. The van der Waals surface area contributed by atoms with Gasteiger partial charge in [-0.1, -0.05) is 11.6 Å². The molecule has 3 heterocycles. The van der Waals surface area contributed by atoms with Gasteiger partial charge in [0.25, 0.3) is 0 Å². The molecule has 0 aliphatic heterocycles. The Kier molecular flexibility index (Phi) is 5.90. The monoisotopic (exact) mass is 404 g/mol. The zero-order chi connectivity index (χ0) is 20.3. The summed E-state index contributed by atoms with van der Waals surface area (Å²) in [4.78, 5) is 25.3. The van der Waals surface area contributed by atoms with Crippen LogP contribution in [0.3, 0.4) is 0 Å². The Bertz CT molecular complexity index is 1000. The number of nitro groups is 1. The highest BCUT2D eigenvalue weighted by Crippen LogP contribution is 2.20. The molecule has 0 saturated carbocycles. The van der Waals surface area contributed by atoms with Gasteiger partial charge in [-0.2, -0.15) is 0 Å². The van der Waals surface area contributed by atoms with E-state index in [1.807, 2.05) is 29.6 Å². The quantitative estimate of drug-likeness (QED) is 0.253. The maximum Gasteiger partial charge on any atom is 0.311 e. The van der Waals surface area contributed by atoms with Gasteiger partial charge < -0.3 is 16.0 Å². The van der Waals surface area contributed by atoms with Crippen molar-refractivity contribution in [3.63, 3.8) is 0 Å². The van der Waals surface area contributed by atoms with Gasteiger partial charge in [-0.25, -0.2) is 15.0 Å². The second-order valence-electron chi connectivity index (χ2n) is 6.60. The fraction of sp³-hybridized carbons (Fsp3) is 0.353. The van der Waals surface area contributed by atoms with Gasteiger partial charge >= 0.3 is 5.69 Å². The second kappa shape index (κ2) is 8.36. The molecule has 3 aromatic heterocycles. The van der Waals surface area contributed by atoms with Gasteiger partial charge in [-0.05, 0) is 33.0 Å². The van der Waals surface area contributed by atoms with Crippen LogP contribution >= 0.6 is 11.6 Å². The summed E-state index contributed by atoms with van der Waals surface area (Å²) in [7, 11) is 3.96. The molecule has 0 spiro atoms. The molecule has 0 atom stereocenters.